The monoisotopic (exact) mass is 286 g/mol. The molecule has 0 amide bonds. The minimum absolute atomic E-state index is 0.0453. The summed E-state index contributed by atoms with van der Waals surface area (Å²) in [6, 6.07) is 0. The molecule has 1 rings (SSSR count). The highest BCUT2D eigenvalue weighted by Crippen LogP contribution is 2.46. The van der Waals surface area contributed by atoms with E-state index in [1.165, 1.54) is 25.2 Å². The van der Waals surface area contributed by atoms with Crippen molar-refractivity contribution in [3.05, 3.63) is 23.3 Å². The summed E-state index contributed by atoms with van der Waals surface area (Å²) in [5.74, 6) is -0.518. The van der Waals surface area contributed by atoms with Gasteiger partial charge in [-0.25, -0.2) is 4.57 Å². The van der Waals surface area contributed by atoms with Crippen molar-refractivity contribution < 1.29 is 23.7 Å². The lowest BCUT2D eigenvalue weighted by molar-refractivity contribution is -0.120. The van der Waals surface area contributed by atoms with E-state index in [0.717, 1.165) is 0 Å². The van der Waals surface area contributed by atoms with E-state index in [1.54, 1.807) is 0 Å². The fourth-order valence-electron chi connectivity index (χ4n) is 1.22. The predicted molar refractivity (Wildman–Crippen MR) is 59.3 cm³/mol. The number of carbonyl (C=O) groups is 1. The van der Waals surface area contributed by atoms with E-state index in [0.29, 0.717) is 0 Å². The summed E-state index contributed by atoms with van der Waals surface area (Å²) in [7, 11) is -4.79. The van der Waals surface area contributed by atoms with Crippen LogP contribution in [-0.2, 0) is 13.9 Å². The van der Waals surface area contributed by atoms with Gasteiger partial charge in [-0.1, -0.05) is 23.8 Å². The van der Waals surface area contributed by atoms with Crippen LogP contribution in [0, 0.1) is 0 Å². The number of alkyl halides is 1. The van der Waals surface area contributed by atoms with Crippen molar-refractivity contribution >= 4 is 36.8 Å². The van der Waals surface area contributed by atoms with Crippen LogP contribution in [0.2, 0.25) is 0 Å². The number of allylic oxidation sites excluding steroid dienone is 2. The standard InChI is InChI=1S/C8H9Cl2O5P/c1-5(11)8(10)4-2-3-6(9)7(8)15-16(12,13)14/h2-4,7H,1H3,(H2,12,13,14). The van der Waals surface area contributed by atoms with Crippen LogP contribution in [0.1, 0.15) is 6.92 Å². The number of phosphoric ester groups is 1. The van der Waals surface area contributed by atoms with Gasteiger partial charge in [-0.15, -0.1) is 11.6 Å². The average molecular weight is 287 g/mol. The molecule has 0 aromatic carbocycles. The summed E-state index contributed by atoms with van der Waals surface area (Å²) >= 11 is 11.7. The quantitative estimate of drug-likeness (QED) is 0.610. The van der Waals surface area contributed by atoms with Crippen LogP contribution in [0.3, 0.4) is 0 Å². The minimum Gasteiger partial charge on any atom is -0.303 e. The maximum atomic E-state index is 11.4. The zero-order valence-corrected chi connectivity index (χ0v) is 10.5. The van der Waals surface area contributed by atoms with Gasteiger partial charge in [0.1, 0.15) is 6.10 Å². The van der Waals surface area contributed by atoms with Crippen molar-refractivity contribution in [2.45, 2.75) is 17.9 Å². The normalized spacial score (nSPS) is 30.1. The van der Waals surface area contributed by atoms with Gasteiger partial charge in [-0.05, 0) is 13.0 Å². The van der Waals surface area contributed by atoms with E-state index < -0.39 is 24.6 Å². The van der Waals surface area contributed by atoms with E-state index in [2.05, 4.69) is 4.52 Å². The number of Topliss-reactive ketones (excluding diaryl/α,β-unsaturated/α-hetero) is 1. The Morgan fingerprint density at radius 2 is 2.19 bits per heavy atom. The first-order valence-corrected chi connectivity index (χ1v) is 6.44. The van der Waals surface area contributed by atoms with Crippen molar-refractivity contribution in [1.29, 1.82) is 0 Å². The SMILES string of the molecule is CC(=O)C1(Cl)C=CC=C(Cl)C1OP(=O)(O)O. The van der Waals surface area contributed by atoms with Crippen LogP contribution in [0.5, 0.6) is 0 Å². The number of rotatable bonds is 3. The number of hydrogen-bond donors (Lipinski definition) is 2. The third kappa shape index (κ3) is 2.94. The van der Waals surface area contributed by atoms with Gasteiger partial charge in [-0.3, -0.25) is 9.32 Å². The van der Waals surface area contributed by atoms with E-state index in [1.807, 2.05) is 0 Å². The van der Waals surface area contributed by atoms with Crippen molar-refractivity contribution in [3.8, 4) is 0 Å². The van der Waals surface area contributed by atoms with Crippen LogP contribution in [0.4, 0.5) is 0 Å². The fourth-order valence-corrected chi connectivity index (χ4v) is 2.48. The number of phosphoric acid groups is 1. The molecule has 0 spiro atoms. The van der Waals surface area contributed by atoms with Gasteiger partial charge in [-0.2, -0.15) is 0 Å². The molecule has 0 radical (unpaired) electrons. The minimum atomic E-state index is -4.79. The first kappa shape index (κ1) is 13.9. The van der Waals surface area contributed by atoms with E-state index in [4.69, 9.17) is 33.0 Å². The summed E-state index contributed by atoms with van der Waals surface area (Å²) < 4.78 is 15.2. The first-order chi connectivity index (χ1) is 7.17. The second kappa shape index (κ2) is 4.61. The lowest BCUT2D eigenvalue weighted by Gasteiger charge is -2.32. The molecule has 0 heterocycles. The second-order valence-electron chi connectivity index (χ2n) is 3.21. The Morgan fingerprint density at radius 1 is 1.62 bits per heavy atom. The summed E-state index contributed by atoms with van der Waals surface area (Å²) in [5.41, 5.74) is 0. The van der Waals surface area contributed by atoms with Crippen molar-refractivity contribution in [2.24, 2.45) is 0 Å². The molecule has 0 aromatic heterocycles. The summed E-state index contributed by atoms with van der Waals surface area (Å²) in [6.45, 7) is 1.18. The highest BCUT2D eigenvalue weighted by atomic mass is 35.5. The van der Waals surface area contributed by atoms with Gasteiger partial charge in [0.15, 0.2) is 10.7 Å². The van der Waals surface area contributed by atoms with Crippen molar-refractivity contribution in [1.82, 2.24) is 0 Å². The molecule has 90 valence electrons. The zero-order chi connectivity index (χ0) is 12.6. The molecular formula is C8H9Cl2O5P. The number of hydrogen-bond acceptors (Lipinski definition) is 3. The maximum Gasteiger partial charge on any atom is 0.470 e. The number of halogens is 2. The molecule has 2 unspecified atom stereocenters. The lowest BCUT2D eigenvalue weighted by atomic mass is 9.93. The summed E-state index contributed by atoms with van der Waals surface area (Å²) in [5, 5.41) is -0.0453. The van der Waals surface area contributed by atoms with Crippen LogP contribution >= 0.6 is 31.0 Å². The Kier molecular flexibility index (Phi) is 4.00. The molecule has 0 saturated carbocycles. The summed E-state index contributed by atoms with van der Waals surface area (Å²) in [6.07, 6.45) is 2.67. The second-order valence-corrected chi connectivity index (χ2v) is 5.46. The molecule has 0 aliphatic heterocycles. The van der Waals surface area contributed by atoms with Crippen LogP contribution in [0.15, 0.2) is 23.3 Å². The highest BCUT2D eigenvalue weighted by Gasteiger charge is 2.46. The molecule has 0 saturated heterocycles. The van der Waals surface area contributed by atoms with Crippen LogP contribution < -0.4 is 0 Å². The van der Waals surface area contributed by atoms with Crippen molar-refractivity contribution in [2.75, 3.05) is 0 Å². The van der Waals surface area contributed by atoms with Gasteiger partial charge in [0.25, 0.3) is 0 Å². The smallest absolute Gasteiger partial charge is 0.303 e. The largest absolute Gasteiger partial charge is 0.470 e. The molecule has 5 nitrogen and oxygen atoms in total. The Bertz CT molecular complexity index is 413. The topological polar surface area (TPSA) is 83.8 Å². The van der Waals surface area contributed by atoms with Crippen molar-refractivity contribution in [3.63, 3.8) is 0 Å². The molecule has 1 aliphatic carbocycles. The van der Waals surface area contributed by atoms with Gasteiger partial charge in [0, 0.05) is 0 Å². The molecule has 0 fully saturated rings. The van der Waals surface area contributed by atoms with E-state index in [-0.39, 0.29) is 5.03 Å². The molecule has 2 N–H and O–H groups in total. The van der Waals surface area contributed by atoms with Gasteiger partial charge < -0.3 is 9.79 Å². The third-order valence-electron chi connectivity index (χ3n) is 2.01. The Hall–Kier alpha value is -0.160. The number of ketones is 1. The molecular weight excluding hydrogens is 278 g/mol. The Morgan fingerprint density at radius 3 is 2.62 bits per heavy atom. The zero-order valence-electron chi connectivity index (χ0n) is 8.13. The third-order valence-corrected chi connectivity index (χ3v) is 3.41. The molecule has 0 bridgehead atoms. The van der Waals surface area contributed by atoms with E-state index in [9.17, 15) is 9.36 Å². The Balaban J connectivity index is 3.10. The maximum absolute atomic E-state index is 11.4. The van der Waals surface area contributed by atoms with E-state index >= 15 is 0 Å². The first-order valence-electron chi connectivity index (χ1n) is 4.15. The molecule has 8 heteroatoms. The summed E-state index contributed by atoms with van der Waals surface area (Å²) in [4.78, 5) is 27.1. The molecule has 1 aliphatic rings. The molecule has 2 atom stereocenters. The number of carbonyl (C=O) groups excluding carboxylic acids is 1. The molecule has 0 aromatic rings. The Labute approximate surface area is 102 Å². The highest BCUT2D eigenvalue weighted by molar-refractivity contribution is 7.46. The van der Waals surface area contributed by atoms with Crippen LogP contribution in [0.25, 0.3) is 0 Å². The average Bonchev–Trinajstić information content (AvgIpc) is 2.10. The van der Waals surface area contributed by atoms with Gasteiger partial charge in [0.05, 0.1) is 5.03 Å². The predicted octanol–water partition coefficient (Wildman–Crippen LogP) is 1.72. The fraction of sp³-hybridized carbons (Fsp3) is 0.375. The lowest BCUT2D eigenvalue weighted by Crippen LogP contribution is -2.44. The van der Waals surface area contributed by atoms with Gasteiger partial charge in [0.2, 0.25) is 0 Å². The molecule has 16 heavy (non-hydrogen) atoms. The van der Waals surface area contributed by atoms with Crippen LogP contribution in [-0.4, -0.2) is 26.5 Å². The van der Waals surface area contributed by atoms with Gasteiger partial charge >= 0.3 is 7.82 Å².